The summed E-state index contributed by atoms with van der Waals surface area (Å²) in [6.45, 7) is 4.93. The van der Waals surface area contributed by atoms with Crippen LogP contribution < -0.4 is 9.47 Å². The van der Waals surface area contributed by atoms with Crippen LogP contribution in [-0.4, -0.2) is 16.6 Å². The number of allylic oxidation sites excluding steroid dienone is 1. The van der Waals surface area contributed by atoms with E-state index in [1.165, 1.54) is 3.57 Å². The molecule has 1 heterocycles. The molecule has 3 aromatic carbocycles. The minimum Gasteiger partial charge on any atom is -0.490 e. The van der Waals surface area contributed by atoms with Crippen molar-refractivity contribution in [3.8, 4) is 17.6 Å². The van der Waals surface area contributed by atoms with Gasteiger partial charge in [0.2, 0.25) is 0 Å². The second-order valence-corrected chi connectivity index (χ2v) is 9.86. The Morgan fingerprint density at radius 1 is 1.09 bits per heavy atom. The Hall–Kier alpha value is -2.58. The van der Waals surface area contributed by atoms with Crippen molar-refractivity contribution in [2.75, 3.05) is 6.61 Å². The zero-order valence-corrected chi connectivity index (χ0v) is 22.5. The minimum absolute atomic E-state index is 0.448. The topological polar surface area (TPSA) is 70.9 Å². The van der Waals surface area contributed by atoms with Gasteiger partial charge in [0.15, 0.2) is 11.5 Å². The minimum atomic E-state index is 0.448. The van der Waals surface area contributed by atoms with E-state index >= 15 is 0 Å². The molecule has 4 rings (SSSR count). The molecular weight excluding hydrogens is 640 g/mol. The monoisotopic (exact) mass is 661 g/mol. The normalized spacial score (nSPS) is 11.4. The number of fused-ring (bicyclic) bond motifs is 1. The number of nitriles is 1. The Kier molecular flexibility index (Phi) is 7.55. The van der Waals surface area contributed by atoms with Crippen molar-refractivity contribution >= 4 is 67.9 Å². The van der Waals surface area contributed by atoms with Gasteiger partial charge in [-0.2, -0.15) is 5.26 Å². The van der Waals surface area contributed by atoms with Gasteiger partial charge in [0, 0.05) is 3.57 Å². The van der Waals surface area contributed by atoms with E-state index in [-0.39, 0.29) is 0 Å². The van der Waals surface area contributed by atoms with E-state index < -0.39 is 0 Å². The number of hydrogen-bond donors (Lipinski definition) is 1. The summed E-state index contributed by atoms with van der Waals surface area (Å²) in [6.07, 6.45) is 1.82. The molecule has 1 N–H and O–H groups in total. The molecule has 0 aliphatic heterocycles. The fourth-order valence-electron chi connectivity index (χ4n) is 3.38. The van der Waals surface area contributed by atoms with Gasteiger partial charge in [-0.05, 0) is 118 Å². The van der Waals surface area contributed by atoms with Crippen molar-refractivity contribution < 1.29 is 9.47 Å². The molecule has 0 unspecified atom stereocenters. The molecule has 0 saturated heterocycles. The maximum absolute atomic E-state index is 9.81. The second kappa shape index (κ2) is 10.6. The zero-order chi connectivity index (χ0) is 23.4. The fraction of sp³-hybridized carbons (Fsp3) is 0.154. The largest absolute Gasteiger partial charge is 0.490 e. The first-order valence-electron chi connectivity index (χ1n) is 10.4. The molecule has 0 fully saturated rings. The number of nitrogens with zero attached hydrogens (tertiary/aromatic N) is 2. The van der Waals surface area contributed by atoms with Crippen molar-refractivity contribution in [1.29, 1.82) is 5.26 Å². The van der Waals surface area contributed by atoms with Crippen LogP contribution in [0.15, 0.2) is 54.6 Å². The smallest absolute Gasteiger partial charge is 0.175 e. The van der Waals surface area contributed by atoms with E-state index in [9.17, 15) is 5.26 Å². The van der Waals surface area contributed by atoms with Crippen LogP contribution in [0.25, 0.3) is 22.7 Å². The Labute approximate surface area is 220 Å². The molecule has 4 aromatic rings. The summed E-state index contributed by atoms with van der Waals surface area (Å²) in [5, 5.41) is 9.81. The number of hydrogen-bond acceptors (Lipinski definition) is 4. The van der Waals surface area contributed by atoms with E-state index in [2.05, 4.69) is 85.5 Å². The molecule has 1 aromatic heterocycles. The number of aromatic amines is 1. The Bertz CT molecular complexity index is 1370. The molecule has 0 aliphatic carbocycles. The number of rotatable bonds is 7. The first-order chi connectivity index (χ1) is 16.0. The van der Waals surface area contributed by atoms with E-state index in [1.54, 1.807) is 0 Å². The molecule has 0 radical (unpaired) electrons. The molecule has 166 valence electrons. The van der Waals surface area contributed by atoms with Gasteiger partial charge in [0.1, 0.15) is 18.5 Å². The number of aryl methyl sites for hydroxylation is 1. The van der Waals surface area contributed by atoms with Crippen LogP contribution in [-0.2, 0) is 6.61 Å². The molecule has 0 amide bonds. The standard InChI is InChI=1S/C26H21I2N3O2/c1-3-32-24-13-18(12-21(28)25(24)33-15-17-5-7-20(27)8-6-17)11-19(14-29)26-30-22-9-4-16(2)10-23(22)31-26/h4-13H,3,15H2,1-2H3,(H,30,31)/b19-11-. The van der Waals surface area contributed by atoms with Crippen molar-refractivity contribution in [3.63, 3.8) is 0 Å². The van der Waals surface area contributed by atoms with Gasteiger partial charge in [0.25, 0.3) is 0 Å². The Morgan fingerprint density at radius 3 is 2.61 bits per heavy atom. The molecule has 33 heavy (non-hydrogen) atoms. The number of H-pyrrole nitrogens is 1. The number of aromatic nitrogens is 2. The molecule has 5 nitrogen and oxygen atoms in total. The lowest BCUT2D eigenvalue weighted by Gasteiger charge is -2.15. The van der Waals surface area contributed by atoms with Crippen LogP contribution in [0.3, 0.4) is 0 Å². The summed E-state index contributed by atoms with van der Waals surface area (Å²) in [4.78, 5) is 7.84. The predicted molar refractivity (Wildman–Crippen MR) is 148 cm³/mol. The molecule has 0 atom stereocenters. The van der Waals surface area contributed by atoms with Crippen molar-refractivity contribution in [2.24, 2.45) is 0 Å². The number of benzene rings is 3. The van der Waals surface area contributed by atoms with Gasteiger partial charge in [-0.3, -0.25) is 0 Å². The van der Waals surface area contributed by atoms with Crippen LogP contribution >= 0.6 is 45.2 Å². The van der Waals surface area contributed by atoms with Gasteiger partial charge in [-0.25, -0.2) is 4.98 Å². The molecule has 0 saturated carbocycles. The van der Waals surface area contributed by atoms with Gasteiger partial charge >= 0.3 is 0 Å². The van der Waals surface area contributed by atoms with Crippen molar-refractivity contribution in [3.05, 3.63) is 84.3 Å². The van der Waals surface area contributed by atoms with Crippen molar-refractivity contribution in [2.45, 2.75) is 20.5 Å². The maximum atomic E-state index is 9.81. The number of halogens is 2. The van der Waals surface area contributed by atoms with Crippen LogP contribution in [0.4, 0.5) is 0 Å². The third kappa shape index (κ3) is 5.68. The summed E-state index contributed by atoms with van der Waals surface area (Å²) in [5.74, 6) is 1.90. The fourth-order valence-corrected chi connectivity index (χ4v) is 4.52. The number of nitrogens with one attached hydrogen (secondary N) is 1. The zero-order valence-electron chi connectivity index (χ0n) is 18.2. The highest BCUT2D eigenvalue weighted by Gasteiger charge is 2.14. The SMILES string of the molecule is CCOc1cc(/C=C(/C#N)c2nc3ccc(C)cc3[nH]2)cc(I)c1OCc1ccc(I)cc1. The van der Waals surface area contributed by atoms with Gasteiger partial charge in [-0.15, -0.1) is 0 Å². The summed E-state index contributed by atoms with van der Waals surface area (Å²) >= 11 is 4.53. The first-order valence-corrected chi connectivity index (χ1v) is 12.5. The first kappa shape index (κ1) is 23.6. The predicted octanol–water partition coefficient (Wildman–Crippen LogP) is 7.12. The highest BCUT2D eigenvalue weighted by Crippen LogP contribution is 2.36. The van der Waals surface area contributed by atoms with Crippen LogP contribution in [0.2, 0.25) is 0 Å². The summed E-state index contributed by atoms with van der Waals surface area (Å²) in [7, 11) is 0. The second-order valence-electron chi connectivity index (χ2n) is 7.45. The summed E-state index contributed by atoms with van der Waals surface area (Å²) < 4.78 is 14.1. The van der Waals surface area contributed by atoms with Gasteiger partial charge < -0.3 is 14.5 Å². The molecule has 7 heteroatoms. The molecule has 0 aliphatic rings. The maximum Gasteiger partial charge on any atom is 0.175 e. The lowest BCUT2D eigenvalue weighted by Crippen LogP contribution is -2.02. The number of imidazole rings is 1. The van der Waals surface area contributed by atoms with E-state index in [0.717, 1.165) is 31.3 Å². The third-order valence-electron chi connectivity index (χ3n) is 4.95. The van der Waals surface area contributed by atoms with Crippen LogP contribution in [0.1, 0.15) is 29.4 Å². The average molecular weight is 661 g/mol. The Balaban J connectivity index is 1.65. The number of ether oxygens (including phenoxy) is 2. The van der Waals surface area contributed by atoms with Gasteiger partial charge in [0.05, 0.1) is 26.8 Å². The lowest BCUT2D eigenvalue weighted by atomic mass is 10.1. The lowest BCUT2D eigenvalue weighted by molar-refractivity contribution is 0.267. The van der Waals surface area contributed by atoms with E-state index in [4.69, 9.17) is 9.47 Å². The van der Waals surface area contributed by atoms with Crippen LogP contribution in [0.5, 0.6) is 11.5 Å². The average Bonchev–Trinajstić information content (AvgIpc) is 3.21. The van der Waals surface area contributed by atoms with E-state index in [1.807, 2.05) is 50.3 Å². The quantitative estimate of drug-likeness (QED) is 0.169. The molecule has 0 bridgehead atoms. The van der Waals surface area contributed by atoms with Gasteiger partial charge in [-0.1, -0.05) is 18.2 Å². The summed E-state index contributed by atoms with van der Waals surface area (Å²) in [6, 6.07) is 20.4. The van der Waals surface area contributed by atoms with Crippen molar-refractivity contribution in [1.82, 2.24) is 9.97 Å². The highest BCUT2D eigenvalue weighted by atomic mass is 127. The Morgan fingerprint density at radius 2 is 1.88 bits per heavy atom. The molecular formula is C26H21I2N3O2. The third-order valence-corrected chi connectivity index (χ3v) is 6.47. The molecule has 0 spiro atoms. The summed E-state index contributed by atoms with van der Waals surface area (Å²) in [5.41, 5.74) is 5.27. The highest BCUT2D eigenvalue weighted by molar-refractivity contribution is 14.1. The van der Waals surface area contributed by atoms with E-state index in [0.29, 0.717) is 36.1 Å². The van der Waals surface area contributed by atoms with Crippen LogP contribution in [0, 0.1) is 25.4 Å².